The third-order valence-electron chi connectivity index (χ3n) is 4.91. The van der Waals surface area contributed by atoms with Crippen LogP contribution in [0.25, 0.3) is 11.4 Å². The molecule has 2 aromatic heterocycles. The summed E-state index contributed by atoms with van der Waals surface area (Å²) in [5.41, 5.74) is 4.45. The maximum absolute atomic E-state index is 13.0. The Hall–Kier alpha value is -2.91. The van der Waals surface area contributed by atoms with Crippen molar-refractivity contribution in [3.63, 3.8) is 0 Å². The summed E-state index contributed by atoms with van der Waals surface area (Å²) in [4.78, 5) is 13.0. The van der Waals surface area contributed by atoms with Gasteiger partial charge in [-0.1, -0.05) is 27.7 Å². The van der Waals surface area contributed by atoms with E-state index in [0.717, 1.165) is 33.0 Å². The van der Waals surface area contributed by atoms with Gasteiger partial charge in [-0.05, 0) is 78.9 Å². The molecule has 0 amide bonds. The Kier molecular flexibility index (Phi) is 6.24. The first-order valence-electron chi connectivity index (χ1n) is 9.51. The highest BCUT2D eigenvalue weighted by Gasteiger charge is 2.18. The van der Waals surface area contributed by atoms with Crippen LogP contribution in [0, 0.1) is 13.8 Å². The van der Waals surface area contributed by atoms with Gasteiger partial charge in [0.1, 0.15) is 5.75 Å². The predicted octanol–water partition coefficient (Wildman–Crippen LogP) is 4.82. The molecule has 9 heteroatoms. The normalized spacial score (nSPS) is 11.0. The van der Waals surface area contributed by atoms with E-state index in [1.807, 2.05) is 68.4 Å². The molecule has 0 aliphatic heterocycles. The zero-order valence-corrected chi connectivity index (χ0v) is 19.6. The summed E-state index contributed by atoms with van der Waals surface area (Å²) in [7, 11) is 1.62. The lowest BCUT2D eigenvalue weighted by atomic mass is 10.2. The van der Waals surface area contributed by atoms with E-state index in [1.165, 1.54) is 11.8 Å². The van der Waals surface area contributed by atoms with E-state index in [1.54, 1.807) is 11.8 Å². The van der Waals surface area contributed by atoms with E-state index in [9.17, 15) is 4.79 Å². The third kappa shape index (κ3) is 4.42. The topological polar surface area (TPSA) is 74.8 Å². The zero-order chi connectivity index (χ0) is 22.0. The number of carbonyl (C=O) groups is 1. The molecule has 0 bridgehead atoms. The molecule has 0 N–H and O–H groups in total. The van der Waals surface area contributed by atoms with E-state index in [4.69, 9.17) is 4.74 Å². The fraction of sp³-hybridized carbons (Fsp3) is 0.182. The highest BCUT2D eigenvalue weighted by atomic mass is 79.9. The summed E-state index contributed by atoms with van der Waals surface area (Å²) in [6.07, 6.45) is 0. The average Bonchev–Trinajstić information content (AvgIpc) is 3.37. The quantitative estimate of drug-likeness (QED) is 0.269. The Bertz CT molecular complexity index is 1220. The number of halogens is 1. The molecule has 2 heterocycles. The number of Topliss-reactive ketones (excluding diaryl/α,β-unsaturated/α-hetero) is 1. The number of ketones is 1. The number of rotatable bonds is 7. The van der Waals surface area contributed by atoms with Gasteiger partial charge < -0.3 is 9.30 Å². The van der Waals surface area contributed by atoms with Crippen LogP contribution in [0.1, 0.15) is 21.7 Å². The van der Waals surface area contributed by atoms with Crippen molar-refractivity contribution in [1.29, 1.82) is 0 Å². The van der Waals surface area contributed by atoms with Crippen LogP contribution in [0.15, 0.2) is 64.2 Å². The SMILES string of the molecule is COc1ccc(-n2nnnc2SCC(=O)c2cc(C)n(-c3ccc(Br)cc3)c2C)cc1. The molecular weight excluding hydrogens is 478 g/mol. The fourth-order valence-electron chi connectivity index (χ4n) is 3.39. The van der Waals surface area contributed by atoms with Gasteiger partial charge in [0, 0.05) is 27.1 Å². The van der Waals surface area contributed by atoms with E-state index in [-0.39, 0.29) is 11.5 Å². The van der Waals surface area contributed by atoms with Gasteiger partial charge in [-0.3, -0.25) is 4.79 Å². The van der Waals surface area contributed by atoms with Crippen molar-refractivity contribution in [3.05, 3.63) is 76.0 Å². The number of hydrogen-bond donors (Lipinski definition) is 0. The van der Waals surface area contributed by atoms with Crippen molar-refractivity contribution in [2.75, 3.05) is 12.9 Å². The van der Waals surface area contributed by atoms with Crippen molar-refractivity contribution >= 4 is 33.5 Å². The molecule has 0 aliphatic carbocycles. The molecule has 0 radical (unpaired) electrons. The molecule has 0 spiro atoms. The van der Waals surface area contributed by atoms with Gasteiger partial charge in [-0.15, -0.1) is 5.10 Å². The molecule has 2 aromatic carbocycles. The van der Waals surface area contributed by atoms with Crippen LogP contribution in [-0.2, 0) is 0 Å². The van der Waals surface area contributed by atoms with E-state index in [0.29, 0.717) is 10.7 Å². The molecule has 0 unspecified atom stereocenters. The molecule has 31 heavy (non-hydrogen) atoms. The van der Waals surface area contributed by atoms with Crippen LogP contribution in [0.2, 0.25) is 0 Å². The van der Waals surface area contributed by atoms with Crippen LogP contribution in [0.4, 0.5) is 0 Å². The summed E-state index contributed by atoms with van der Waals surface area (Å²) < 4.78 is 9.91. The second kappa shape index (κ2) is 9.07. The van der Waals surface area contributed by atoms with Crippen LogP contribution < -0.4 is 4.74 Å². The van der Waals surface area contributed by atoms with Crippen molar-refractivity contribution in [3.8, 4) is 17.1 Å². The summed E-state index contributed by atoms with van der Waals surface area (Å²) in [5, 5.41) is 12.4. The van der Waals surface area contributed by atoms with Gasteiger partial charge in [0.2, 0.25) is 5.16 Å². The molecule has 0 fully saturated rings. The van der Waals surface area contributed by atoms with Gasteiger partial charge >= 0.3 is 0 Å². The number of nitrogens with zero attached hydrogens (tertiary/aromatic N) is 5. The second-order valence-corrected chi connectivity index (χ2v) is 8.74. The lowest BCUT2D eigenvalue weighted by molar-refractivity contribution is 0.102. The van der Waals surface area contributed by atoms with Gasteiger partial charge in [-0.2, -0.15) is 4.68 Å². The average molecular weight is 498 g/mol. The summed E-state index contributed by atoms with van der Waals surface area (Å²) in [6, 6.07) is 17.4. The predicted molar refractivity (Wildman–Crippen MR) is 124 cm³/mol. The Morgan fingerprint density at radius 3 is 2.42 bits per heavy atom. The maximum atomic E-state index is 13.0. The first kappa shape index (κ1) is 21.3. The number of ether oxygens (including phenoxy) is 1. The maximum Gasteiger partial charge on any atom is 0.214 e. The zero-order valence-electron chi connectivity index (χ0n) is 17.2. The van der Waals surface area contributed by atoms with E-state index >= 15 is 0 Å². The number of aryl methyl sites for hydroxylation is 1. The number of benzene rings is 2. The molecule has 0 saturated carbocycles. The molecule has 0 saturated heterocycles. The van der Waals surface area contributed by atoms with Gasteiger partial charge in [-0.25, -0.2) is 0 Å². The summed E-state index contributed by atoms with van der Waals surface area (Å²) in [5.74, 6) is 1.02. The van der Waals surface area contributed by atoms with Crippen molar-refractivity contribution in [1.82, 2.24) is 24.8 Å². The first-order valence-corrected chi connectivity index (χ1v) is 11.3. The van der Waals surface area contributed by atoms with Crippen molar-refractivity contribution < 1.29 is 9.53 Å². The van der Waals surface area contributed by atoms with E-state index in [2.05, 4.69) is 36.0 Å². The van der Waals surface area contributed by atoms with Gasteiger partial charge in [0.05, 0.1) is 18.6 Å². The molecular formula is C22H20BrN5O2S. The van der Waals surface area contributed by atoms with E-state index < -0.39 is 0 Å². The molecule has 158 valence electrons. The number of aromatic nitrogens is 5. The highest BCUT2D eigenvalue weighted by molar-refractivity contribution is 9.10. The summed E-state index contributed by atoms with van der Waals surface area (Å²) in [6.45, 7) is 3.97. The first-order chi connectivity index (χ1) is 15.0. The lowest BCUT2D eigenvalue weighted by Crippen LogP contribution is -2.07. The molecule has 0 aliphatic rings. The van der Waals surface area contributed by atoms with Crippen LogP contribution in [-0.4, -0.2) is 43.4 Å². The number of methoxy groups -OCH3 is 1. The number of hydrogen-bond acceptors (Lipinski definition) is 6. The molecule has 0 atom stereocenters. The lowest BCUT2D eigenvalue weighted by Gasteiger charge is -2.10. The Morgan fingerprint density at radius 2 is 1.74 bits per heavy atom. The summed E-state index contributed by atoms with van der Waals surface area (Å²) >= 11 is 4.78. The second-order valence-electron chi connectivity index (χ2n) is 6.88. The van der Waals surface area contributed by atoms with Gasteiger partial charge in [0.15, 0.2) is 5.78 Å². The Balaban J connectivity index is 1.52. The van der Waals surface area contributed by atoms with Gasteiger partial charge in [0.25, 0.3) is 0 Å². The Morgan fingerprint density at radius 1 is 1.06 bits per heavy atom. The smallest absolute Gasteiger partial charge is 0.214 e. The molecule has 4 rings (SSSR count). The highest BCUT2D eigenvalue weighted by Crippen LogP contribution is 2.25. The minimum Gasteiger partial charge on any atom is -0.497 e. The largest absolute Gasteiger partial charge is 0.497 e. The standard InChI is InChI=1S/C22H20BrN5O2S/c1-14-12-20(15(2)27(14)17-6-4-16(23)5-7-17)21(29)13-31-22-24-25-26-28(22)18-8-10-19(30-3)11-9-18/h4-12H,13H2,1-3H3. The Labute approximate surface area is 192 Å². The van der Waals surface area contributed by atoms with Crippen molar-refractivity contribution in [2.24, 2.45) is 0 Å². The number of tetrazole rings is 1. The fourth-order valence-corrected chi connectivity index (χ4v) is 4.43. The minimum atomic E-state index is 0.0331. The minimum absolute atomic E-state index is 0.0331. The molecule has 7 nitrogen and oxygen atoms in total. The van der Waals surface area contributed by atoms with Crippen molar-refractivity contribution in [2.45, 2.75) is 19.0 Å². The van der Waals surface area contributed by atoms with Crippen LogP contribution >= 0.6 is 27.7 Å². The van der Waals surface area contributed by atoms with Crippen LogP contribution in [0.3, 0.4) is 0 Å². The number of carbonyl (C=O) groups excluding carboxylic acids is 1. The third-order valence-corrected chi connectivity index (χ3v) is 6.35. The molecule has 4 aromatic rings. The number of thioether (sulfide) groups is 1. The van der Waals surface area contributed by atoms with Crippen LogP contribution in [0.5, 0.6) is 5.75 Å². The monoisotopic (exact) mass is 497 g/mol.